The van der Waals surface area contributed by atoms with Gasteiger partial charge in [-0.05, 0) is 18.2 Å². The lowest BCUT2D eigenvalue weighted by Crippen LogP contribution is -2.44. The first-order valence-electron chi connectivity index (χ1n) is 7.12. The molecule has 0 atom stereocenters. The molecule has 0 bridgehead atoms. The van der Waals surface area contributed by atoms with Crippen LogP contribution in [0.2, 0.25) is 0 Å². The highest BCUT2D eigenvalue weighted by Crippen LogP contribution is 2.18. The van der Waals surface area contributed by atoms with E-state index in [2.05, 4.69) is 20.2 Å². The summed E-state index contributed by atoms with van der Waals surface area (Å²) in [6.07, 6.45) is 7.39. The summed E-state index contributed by atoms with van der Waals surface area (Å²) in [6, 6.07) is 6.03. The van der Waals surface area contributed by atoms with Gasteiger partial charge in [-0.2, -0.15) is 0 Å². The van der Waals surface area contributed by atoms with Crippen LogP contribution in [0.4, 0.5) is 5.82 Å². The van der Waals surface area contributed by atoms with Crippen molar-refractivity contribution in [3.8, 4) is 5.82 Å². The van der Waals surface area contributed by atoms with Crippen LogP contribution in [0.5, 0.6) is 0 Å². The number of hydrogen-bond donors (Lipinski definition) is 1. The summed E-state index contributed by atoms with van der Waals surface area (Å²) >= 11 is 0. The highest BCUT2D eigenvalue weighted by Gasteiger charge is 2.13. The van der Waals surface area contributed by atoms with E-state index in [-0.39, 0.29) is 0 Å². The second-order valence-electron chi connectivity index (χ2n) is 5.07. The van der Waals surface area contributed by atoms with Crippen molar-refractivity contribution in [1.82, 2.24) is 24.8 Å². The fourth-order valence-electron chi connectivity index (χ4n) is 2.66. The van der Waals surface area contributed by atoms with Gasteiger partial charge in [0, 0.05) is 44.0 Å². The van der Waals surface area contributed by atoms with Crippen molar-refractivity contribution in [3.05, 3.63) is 43.0 Å². The molecule has 0 aliphatic carbocycles. The molecule has 1 aliphatic heterocycles. The van der Waals surface area contributed by atoms with E-state index in [9.17, 15) is 0 Å². The molecule has 4 rings (SSSR count). The fraction of sp³-hybridized carbons (Fsp3) is 0.267. The van der Waals surface area contributed by atoms with Gasteiger partial charge in [0.2, 0.25) is 0 Å². The maximum Gasteiger partial charge on any atom is 0.159 e. The predicted octanol–water partition coefficient (Wildman–Crippen LogP) is 1.23. The summed E-state index contributed by atoms with van der Waals surface area (Å²) in [4.78, 5) is 15.8. The smallest absolute Gasteiger partial charge is 0.159 e. The zero-order valence-corrected chi connectivity index (χ0v) is 11.6. The van der Waals surface area contributed by atoms with Crippen molar-refractivity contribution in [2.75, 3.05) is 31.1 Å². The van der Waals surface area contributed by atoms with Crippen molar-refractivity contribution in [2.45, 2.75) is 0 Å². The van der Waals surface area contributed by atoms with Crippen LogP contribution in [0.15, 0.2) is 43.0 Å². The molecule has 1 saturated heterocycles. The zero-order valence-electron chi connectivity index (χ0n) is 11.6. The molecule has 0 aromatic carbocycles. The number of aromatic nitrogens is 4. The molecule has 6 heteroatoms. The van der Waals surface area contributed by atoms with Gasteiger partial charge in [0.05, 0.1) is 12.4 Å². The number of hydrogen-bond acceptors (Lipinski definition) is 5. The lowest BCUT2D eigenvalue weighted by molar-refractivity contribution is 0.584. The van der Waals surface area contributed by atoms with E-state index in [1.54, 1.807) is 12.4 Å². The highest BCUT2D eigenvalue weighted by atomic mass is 15.3. The quantitative estimate of drug-likeness (QED) is 0.765. The van der Waals surface area contributed by atoms with Crippen molar-refractivity contribution in [3.63, 3.8) is 0 Å². The number of piperazine rings is 1. The molecule has 0 unspecified atom stereocenters. The van der Waals surface area contributed by atoms with E-state index < -0.39 is 0 Å². The third kappa shape index (κ3) is 2.23. The molecule has 6 nitrogen and oxygen atoms in total. The molecule has 21 heavy (non-hydrogen) atoms. The number of rotatable bonds is 2. The second-order valence-corrected chi connectivity index (χ2v) is 5.07. The van der Waals surface area contributed by atoms with Gasteiger partial charge in [0.1, 0.15) is 11.5 Å². The van der Waals surface area contributed by atoms with Crippen molar-refractivity contribution in [2.24, 2.45) is 0 Å². The standard InChI is InChI=1S/C15H16N6/c1-2-12-3-7-21(15(12)18-4-1)14-11-17-10-13(19-14)20-8-5-16-6-9-20/h1-4,7,10-11,16H,5-6,8-9H2. The number of anilines is 1. The summed E-state index contributed by atoms with van der Waals surface area (Å²) < 4.78 is 1.98. The first-order valence-corrected chi connectivity index (χ1v) is 7.12. The van der Waals surface area contributed by atoms with Crippen LogP contribution in [-0.2, 0) is 0 Å². The van der Waals surface area contributed by atoms with Gasteiger partial charge in [0.15, 0.2) is 5.82 Å². The van der Waals surface area contributed by atoms with Crippen LogP contribution in [-0.4, -0.2) is 45.7 Å². The Labute approximate surface area is 122 Å². The molecule has 3 aromatic rings. The average Bonchev–Trinajstić information content (AvgIpc) is 3.00. The molecule has 0 radical (unpaired) electrons. The Kier molecular flexibility index (Phi) is 3.01. The van der Waals surface area contributed by atoms with E-state index in [1.807, 2.05) is 35.2 Å². The van der Waals surface area contributed by atoms with Crippen LogP contribution in [0.3, 0.4) is 0 Å². The number of fused-ring (bicyclic) bond motifs is 1. The van der Waals surface area contributed by atoms with E-state index in [1.165, 1.54) is 0 Å². The van der Waals surface area contributed by atoms with Gasteiger partial charge in [-0.1, -0.05) is 0 Å². The maximum atomic E-state index is 4.75. The minimum absolute atomic E-state index is 0.805. The monoisotopic (exact) mass is 280 g/mol. The number of nitrogens with zero attached hydrogens (tertiary/aromatic N) is 5. The molecule has 3 aromatic heterocycles. The Morgan fingerprint density at radius 3 is 2.81 bits per heavy atom. The van der Waals surface area contributed by atoms with Crippen molar-refractivity contribution < 1.29 is 0 Å². The summed E-state index contributed by atoms with van der Waals surface area (Å²) in [6.45, 7) is 3.89. The van der Waals surface area contributed by atoms with Gasteiger partial charge < -0.3 is 10.2 Å². The Hall–Kier alpha value is -2.47. The summed E-state index contributed by atoms with van der Waals surface area (Å²) in [5.41, 5.74) is 0.907. The van der Waals surface area contributed by atoms with Crippen LogP contribution in [0, 0.1) is 0 Å². The van der Waals surface area contributed by atoms with E-state index in [4.69, 9.17) is 4.98 Å². The predicted molar refractivity (Wildman–Crippen MR) is 81.7 cm³/mol. The minimum atomic E-state index is 0.805. The van der Waals surface area contributed by atoms with Crippen molar-refractivity contribution >= 4 is 16.9 Å². The molecule has 0 saturated carbocycles. The normalized spacial score (nSPS) is 15.5. The fourth-order valence-corrected chi connectivity index (χ4v) is 2.66. The van der Waals surface area contributed by atoms with Gasteiger partial charge in [-0.3, -0.25) is 9.55 Å². The van der Waals surface area contributed by atoms with Gasteiger partial charge in [0.25, 0.3) is 0 Å². The third-order valence-electron chi connectivity index (χ3n) is 3.75. The summed E-state index contributed by atoms with van der Waals surface area (Å²) in [7, 11) is 0. The Balaban J connectivity index is 1.75. The van der Waals surface area contributed by atoms with Crippen molar-refractivity contribution in [1.29, 1.82) is 0 Å². The van der Waals surface area contributed by atoms with Gasteiger partial charge >= 0.3 is 0 Å². The molecule has 1 aliphatic rings. The number of pyridine rings is 1. The van der Waals surface area contributed by atoms with Crippen LogP contribution in [0.1, 0.15) is 0 Å². The topological polar surface area (TPSA) is 58.9 Å². The molecule has 4 heterocycles. The molecular formula is C15H16N6. The number of nitrogens with one attached hydrogen (secondary N) is 1. The lowest BCUT2D eigenvalue weighted by Gasteiger charge is -2.28. The minimum Gasteiger partial charge on any atom is -0.353 e. The maximum absolute atomic E-state index is 4.75. The lowest BCUT2D eigenvalue weighted by atomic mass is 10.3. The second kappa shape index (κ2) is 5.14. The van der Waals surface area contributed by atoms with Crippen LogP contribution < -0.4 is 10.2 Å². The first kappa shape index (κ1) is 12.3. The summed E-state index contributed by atoms with van der Waals surface area (Å²) in [5.74, 6) is 1.73. The Bertz CT molecular complexity index is 759. The SMILES string of the molecule is c1cnc2c(c1)ccn2-c1cncc(N2CCNCC2)n1. The average molecular weight is 280 g/mol. The van der Waals surface area contributed by atoms with Gasteiger partial charge in [-0.25, -0.2) is 9.97 Å². The zero-order chi connectivity index (χ0) is 14.1. The van der Waals surface area contributed by atoms with Gasteiger partial charge in [-0.15, -0.1) is 0 Å². The van der Waals surface area contributed by atoms with Crippen LogP contribution >= 0.6 is 0 Å². The molecular weight excluding hydrogens is 264 g/mol. The van der Waals surface area contributed by atoms with E-state index >= 15 is 0 Å². The molecule has 106 valence electrons. The molecule has 1 N–H and O–H groups in total. The van der Waals surface area contributed by atoms with E-state index in [0.29, 0.717) is 0 Å². The summed E-state index contributed by atoms with van der Waals surface area (Å²) in [5, 5.41) is 4.45. The third-order valence-corrected chi connectivity index (χ3v) is 3.75. The molecule has 0 amide bonds. The largest absolute Gasteiger partial charge is 0.353 e. The Morgan fingerprint density at radius 2 is 1.90 bits per heavy atom. The highest BCUT2D eigenvalue weighted by molar-refractivity contribution is 5.77. The molecule has 1 fully saturated rings. The first-order chi connectivity index (χ1) is 10.4. The molecule has 0 spiro atoms. The van der Waals surface area contributed by atoms with Crippen LogP contribution in [0.25, 0.3) is 16.9 Å². The van der Waals surface area contributed by atoms with E-state index in [0.717, 1.165) is 48.8 Å². The Morgan fingerprint density at radius 1 is 1.05 bits per heavy atom.